The summed E-state index contributed by atoms with van der Waals surface area (Å²) in [4.78, 5) is 15.6. The standard InChI is InChI=1S/C11H15N3O2/c1-12-9-5-8(16-7-3-4-7)6-14-10(9)11(15)13-2/h5-7,12H,3-4H2,1-2H3,(H,13,15). The summed E-state index contributed by atoms with van der Waals surface area (Å²) < 4.78 is 5.60. The fourth-order valence-electron chi connectivity index (χ4n) is 1.38. The van der Waals surface area contributed by atoms with E-state index in [2.05, 4.69) is 15.6 Å². The summed E-state index contributed by atoms with van der Waals surface area (Å²) in [5.74, 6) is 0.502. The number of pyridine rings is 1. The topological polar surface area (TPSA) is 63.2 Å². The highest BCUT2D eigenvalue weighted by molar-refractivity contribution is 5.97. The number of nitrogens with one attached hydrogen (secondary N) is 2. The van der Waals surface area contributed by atoms with Crippen LogP contribution in [0.4, 0.5) is 5.69 Å². The number of hydrogen-bond donors (Lipinski definition) is 2. The molecule has 0 aromatic carbocycles. The van der Waals surface area contributed by atoms with E-state index in [0.717, 1.165) is 12.8 Å². The maximum Gasteiger partial charge on any atom is 0.271 e. The Labute approximate surface area is 94.2 Å². The molecule has 16 heavy (non-hydrogen) atoms. The van der Waals surface area contributed by atoms with Crippen LogP contribution in [-0.4, -0.2) is 31.1 Å². The van der Waals surface area contributed by atoms with Crippen LogP contribution in [0.1, 0.15) is 23.3 Å². The lowest BCUT2D eigenvalue weighted by atomic mass is 10.2. The number of carbonyl (C=O) groups excluding carboxylic acids is 1. The smallest absolute Gasteiger partial charge is 0.271 e. The Kier molecular flexibility index (Phi) is 2.94. The third-order valence-corrected chi connectivity index (χ3v) is 2.40. The van der Waals surface area contributed by atoms with Gasteiger partial charge in [0.15, 0.2) is 5.69 Å². The van der Waals surface area contributed by atoms with Gasteiger partial charge in [-0.2, -0.15) is 0 Å². The van der Waals surface area contributed by atoms with Crippen molar-refractivity contribution in [3.8, 4) is 5.75 Å². The summed E-state index contributed by atoms with van der Waals surface area (Å²) in [5, 5.41) is 5.49. The molecule has 0 radical (unpaired) electrons. The molecule has 1 aromatic heterocycles. The van der Waals surface area contributed by atoms with Crippen LogP contribution in [-0.2, 0) is 0 Å². The highest BCUT2D eigenvalue weighted by Crippen LogP contribution is 2.28. The van der Waals surface area contributed by atoms with Crippen molar-refractivity contribution in [3.63, 3.8) is 0 Å². The molecule has 5 nitrogen and oxygen atoms in total. The third kappa shape index (κ3) is 2.24. The Morgan fingerprint density at radius 3 is 2.81 bits per heavy atom. The first-order chi connectivity index (χ1) is 7.74. The van der Waals surface area contributed by atoms with Gasteiger partial charge in [-0.05, 0) is 12.8 Å². The largest absolute Gasteiger partial charge is 0.489 e. The second kappa shape index (κ2) is 4.38. The molecule has 1 aromatic rings. The molecule has 1 saturated carbocycles. The van der Waals surface area contributed by atoms with Crippen LogP contribution in [0.5, 0.6) is 5.75 Å². The summed E-state index contributed by atoms with van der Waals surface area (Å²) in [6, 6.07) is 1.80. The predicted octanol–water partition coefficient (Wildman–Crippen LogP) is 1.02. The van der Waals surface area contributed by atoms with Gasteiger partial charge in [0, 0.05) is 20.2 Å². The zero-order chi connectivity index (χ0) is 11.5. The Balaban J connectivity index is 2.22. The first-order valence-electron chi connectivity index (χ1n) is 5.31. The van der Waals surface area contributed by atoms with E-state index in [1.54, 1.807) is 26.4 Å². The zero-order valence-corrected chi connectivity index (χ0v) is 9.41. The summed E-state index contributed by atoms with van der Waals surface area (Å²) in [7, 11) is 3.34. The summed E-state index contributed by atoms with van der Waals surface area (Å²) in [5.41, 5.74) is 1.06. The van der Waals surface area contributed by atoms with Gasteiger partial charge in [0.25, 0.3) is 5.91 Å². The maximum atomic E-state index is 11.5. The molecular formula is C11H15N3O2. The molecule has 1 fully saturated rings. The summed E-state index contributed by atoms with van der Waals surface area (Å²) in [6.07, 6.45) is 4.12. The van der Waals surface area contributed by atoms with Gasteiger partial charge in [0.1, 0.15) is 5.75 Å². The molecule has 0 unspecified atom stereocenters. The molecule has 86 valence electrons. The van der Waals surface area contributed by atoms with E-state index in [0.29, 0.717) is 23.2 Å². The fraction of sp³-hybridized carbons (Fsp3) is 0.455. The van der Waals surface area contributed by atoms with E-state index < -0.39 is 0 Å². The molecule has 0 aliphatic heterocycles. The number of aromatic nitrogens is 1. The van der Waals surface area contributed by atoms with Crippen molar-refractivity contribution in [1.29, 1.82) is 0 Å². The lowest BCUT2D eigenvalue weighted by Gasteiger charge is -2.10. The molecule has 5 heteroatoms. The van der Waals surface area contributed by atoms with Crippen molar-refractivity contribution in [2.45, 2.75) is 18.9 Å². The Morgan fingerprint density at radius 1 is 1.50 bits per heavy atom. The average molecular weight is 221 g/mol. The normalized spacial score (nSPS) is 14.4. The quantitative estimate of drug-likeness (QED) is 0.797. The minimum atomic E-state index is -0.206. The molecule has 1 aliphatic rings. The highest BCUT2D eigenvalue weighted by Gasteiger charge is 2.24. The lowest BCUT2D eigenvalue weighted by molar-refractivity contribution is 0.0959. The Hall–Kier alpha value is -1.78. The molecular weight excluding hydrogens is 206 g/mol. The molecule has 0 saturated heterocycles. The summed E-state index contributed by atoms with van der Waals surface area (Å²) >= 11 is 0. The molecule has 1 amide bonds. The van der Waals surface area contributed by atoms with E-state index in [-0.39, 0.29) is 5.91 Å². The van der Waals surface area contributed by atoms with Gasteiger partial charge in [-0.15, -0.1) is 0 Å². The van der Waals surface area contributed by atoms with Gasteiger partial charge in [0.2, 0.25) is 0 Å². The van der Waals surface area contributed by atoms with Crippen LogP contribution < -0.4 is 15.4 Å². The number of ether oxygens (including phenoxy) is 1. The SMILES string of the molecule is CNC(=O)c1ncc(OC2CC2)cc1NC. The molecule has 0 spiro atoms. The van der Waals surface area contributed by atoms with Crippen molar-refractivity contribution >= 4 is 11.6 Å². The number of nitrogens with zero attached hydrogens (tertiary/aromatic N) is 1. The molecule has 1 aliphatic carbocycles. The van der Waals surface area contributed by atoms with Crippen LogP contribution in [0.15, 0.2) is 12.3 Å². The minimum Gasteiger partial charge on any atom is -0.489 e. The van der Waals surface area contributed by atoms with Crippen LogP contribution in [0.2, 0.25) is 0 Å². The van der Waals surface area contributed by atoms with E-state index in [4.69, 9.17) is 4.74 Å². The lowest BCUT2D eigenvalue weighted by Crippen LogP contribution is -2.20. The number of rotatable bonds is 4. The average Bonchev–Trinajstić information content (AvgIpc) is 3.11. The Bertz CT molecular complexity index is 402. The van der Waals surface area contributed by atoms with Crippen molar-refractivity contribution in [2.75, 3.05) is 19.4 Å². The first kappa shape index (κ1) is 10.7. The zero-order valence-electron chi connectivity index (χ0n) is 9.41. The van der Waals surface area contributed by atoms with E-state index in [1.165, 1.54) is 0 Å². The van der Waals surface area contributed by atoms with Crippen LogP contribution in [0.3, 0.4) is 0 Å². The second-order valence-electron chi connectivity index (χ2n) is 3.71. The number of hydrogen-bond acceptors (Lipinski definition) is 4. The van der Waals surface area contributed by atoms with Gasteiger partial charge in [-0.25, -0.2) is 4.98 Å². The van der Waals surface area contributed by atoms with Crippen LogP contribution >= 0.6 is 0 Å². The van der Waals surface area contributed by atoms with Crippen molar-refractivity contribution in [1.82, 2.24) is 10.3 Å². The number of carbonyl (C=O) groups is 1. The molecule has 2 N–H and O–H groups in total. The number of anilines is 1. The molecule has 2 rings (SSSR count). The van der Waals surface area contributed by atoms with Crippen LogP contribution in [0, 0.1) is 0 Å². The van der Waals surface area contributed by atoms with Crippen LogP contribution in [0.25, 0.3) is 0 Å². The summed E-state index contributed by atoms with van der Waals surface area (Å²) in [6.45, 7) is 0. The van der Waals surface area contributed by atoms with Gasteiger partial charge in [0.05, 0.1) is 18.0 Å². The molecule has 0 atom stereocenters. The van der Waals surface area contributed by atoms with E-state index in [9.17, 15) is 4.79 Å². The molecule has 0 bridgehead atoms. The fourth-order valence-corrected chi connectivity index (χ4v) is 1.38. The van der Waals surface area contributed by atoms with Crippen molar-refractivity contribution in [3.05, 3.63) is 18.0 Å². The van der Waals surface area contributed by atoms with Crippen molar-refractivity contribution in [2.24, 2.45) is 0 Å². The van der Waals surface area contributed by atoms with E-state index >= 15 is 0 Å². The minimum absolute atomic E-state index is 0.206. The van der Waals surface area contributed by atoms with Gasteiger partial charge < -0.3 is 15.4 Å². The maximum absolute atomic E-state index is 11.5. The van der Waals surface area contributed by atoms with Gasteiger partial charge >= 0.3 is 0 Å². The van der Waals surface area contributed by atoms with E-state index in [1.807, 2.05) is 0 Å². The van der Waals surface area contributed by atoms with Gasteiger partial charge in [-0.1, -0.05) is 0 Å². The van der Waals surface area contributed by atoms with Crippen molar-refractivity contribution < 1.29 is 9.53 Å². The van der Waals surface area contributed by atoms with Gasteiger partial charge in [-0.3, -0.25) is 4.79 Å². The monoisotopic (exact) mass is 221 g/mol. The number of amides is 1. The molecule has 1 heterocycles. The second-order valence-corrected chi connectivity index (χ2v) is 3.71. The predicted molar refractivity (Wildman–Crippen MR) is 60.8 cm³/mol. The Morgan fingerprint density at radius 2 is 2.25 bits per heavy atom. The third-order valence-electron chi connectivity index (χ3n) is 2.40. The highest BCUT2D eigenvalue weighted by atomic mass is 16.5. The first-order valence-corrected chi connectivity index (χ1v) is 5.31.